The minimum atomic E-state index is -0.455. The zero-order chi connectivity index (χ0) is 12.3. The molecule has 6 heteroatoms. The van der Waals surface area contributed by atoms with E-state index in [1.54, 1.807) is 13.8 Å². The second-order valence-electron chi connectivity index (χ2n) is 3.10. The number of carbonyl (C=O) groups is 2. The second-order valence-corrected chi connectivity index (χ2v) is 3.85. The van der Waals surface area contributed by atoms with Gasteiger partial charge in [0, 0.05) is 13.1 Å². The van der Waals surface area contributed by atoms with Crippen molar-refractivity contribution < 1.29 is 9.59 Å². The first-order valence-electron chi connectivity index (χ1n) is 4.91. The van der Waals surface area contributed by atoms with Gasteiger partial charge < -0.3 is 10.6 Å². The van der Waals surface area contributed by atoms with Crippen LogP contribution in [0.5, 0.6) is 0 Å². The fraction of sp³-hybridized carbons (Fsp3) is 0.400. The van der Waals surface area contributed by atoms with Gasteiger partial charge in [-0.15, -0.1) is 0 Å². The standard InChI is InChI=1S/C10H12Cl2N2O2/c1-3-13-7-5(11)10(16)8(14-4-2)6(12)9(7)15/h13-14H,3-4H2,1-2H3. The number of Topliss-reactive ketones (excluding diaryl/α,β-unsaturated/α-hetero) is 2. The van der Waals surface area contributed by atoms with Crippen molar-refractivity contribution in [2.45, 2.75) is 13.8 Å². The summed E-state index contributed by atoms with van der Waals surface area (Å²) < 4.78 is 0. The van der Waals surface area contributed by atoms with E-state index in [0.29, 0.717) is 13.1 Å². The first-order chi connectivity index (χ1) is 7.54. The molecule has 0 aromatic carbocycles. The lowest BCUT2D eigenvalue weighted by molar-refractivity contribution is -0.116. The van der Waals surface area contributed by atoms with E-state index in [9.17, 15) is 9.59 Å². The third-order valence-electron chi connectivity index (χ3n) is 2.00. The summed E-state index contributed by atoms with van der Waals surface area (Å²) in [5, 5.41) is 5.24. The van der Waals surface area contributed by atoms with Gasteiger partial charge in [-0.1, -0.05) is 23.2 Å². The van der Waals surface area contributed by atoms with Crippen LogP contribution in [0.25, 0.3) is 0 Å². The molecule has 0 fully saturated rings. The minimum Gasteiger partial charge on any atom is -0.381 e. The predicted molar refractivity (Wildman–Crippen MR) is 63.1 cm³/mol. The van der Waals surface area contributed by atoms with Gasteiger partial charge in [0.1, 0.15) is 21.5 Å². The number of hydrogen-bond acceptors (Lipinski definition) is 4. The minimum absolute atomic E-state index is 0.0702. The van der Waals surface area contributed by atoms with E-state index in [1.807, 2.05) is 0 Å². The summed E-state index contributed by atoms with van der Waals surface area (Å²) in [5.41, 5.74) is 0.140. The van der Waals surface area contributed by atoms with Crippen molar-refractivity contribution in [2.24, 2.45) is 0 Å². The molecular formula is C10H12Cl2N2O2. The first kappa shape index (κ1) is 13.1. The van der Waals surface area contributed by atoms with Gasteiger partial charge >= 0.3 is 0 Å². The Labute approximate surface area is 104 Å². The van der Waals surface area contributed by atoms with E-state index in [-0.39, 0.29) is 21.5 Å². The maximum atomic E-state index is 11.8. The Morgan fingerprint density at radius 3 is 1.44 bits per heavy atom. The smallest absolute Gasteiger partial charge is 0.224 e. The molecule has 88 valence electrons. The average Bonchev–Trinajstić information content (AvgIpc) is 2.28. The molecule has 0 amide bonds. The van der Waals surface area contributed by atoms with E-state index < -0.39 is 11.6 Å². The largest absolute Gasteiger partial charge is 0.381 e. The van der Waals surface area contributed by atoms with E-state index in [1.165, 1.54) is 0 Å². The van der Waals surface area contributed by atoms with Gasteiger partial charge in [0.15, 0.2) is 0 Å². The quantitative estimate of drug-likeness (QED) is 0.750. The highest BCUT2D eigenvalue weighted by atomic mass is 35.5. The van der Waals surface area contributed by atoms with E-state index in [4.69, 9.17) is 23.2 Å². The van der Waals surface area contributed by atoms with Crippen LogP contribution in [-0.2, 0) is 9.59 Å². The number of likely N-dealkylation sites (N-methyl/N-ethyl adjacent to an activating group) is 2. The molecule has 0 radical (unpaired) electrons. The summed E-state index contributed by atoms with van der Waals surface area (Å²) in [6.45, 7) is 4.58. The van der Waals surface area contributed by atoms with Gasteiger partial charge in [-0.25, -0.2) is 0 Å². The molecule has 0 heterocycles. The summed E-state index contributed by atoms with van der Waals surface area (Å²) in [4.78, 5) is 23.5. The topological polar surface area (TPSA) is 58.2 Å². The number of rotatable bonds is 4. The summed E-state index contributed by atoms with van der Waals surface area (Å²) >= 11 is 11.6. The lowest BCUT2D eigenvalue weighted by atomic mass is 10.1. The van der Waals surface area contributed by atoms with Gasteiger partial charge in [0.05, 0.1) is 0 Å². The van der Waals surface area contributed by atoms with E-state index in [0.717, 1.165) is 0 Å². The number of halogens is 2. The molecule has 0 aromatic rings. The van der Waals surface area contributed by atoms with Crippen LogP contribution in [0.1, 0.15) is 13.8 Å². The Morgan fingerprint density at radius 1 is 0.875 bits per heavy atom. The van der Waals surface area contributed by atoms with Crippen LogP contribution in [0.15, 0.2) is 21.5 Å². The number of allylic oxidation sites excluding steroid dienone is 2. The average molecular weight is 263 g/mol. The monoisotopic (exact) mass is 262 g/mol. The molecule has 1 aliphatic rings. The number of hydrogen-bond donors (Lipinski definition) is 2. The Hall–Kier alpha value is -1.00. The van der Waals surface area contributed by atoms with E-state index in [2.05, 4.69) is 10.6 Å². The molecule has 1 rings (SSSR count). The third-order valence-corrected chi connectivity index (χ3v) is 2.72. The van der Waals surface area contributed by atoms with Crippen LogP contribution < -0.4 is 10.6 Å². The van der Waals surface area contributed by atoms with Crippen molar-refractivity contribution >= 4 is 34.8 Å². The molecule has 0 saturated heterocycles. The van der Waals surface area contributed by atoms with Crippen LogP contribution in [-0.4, -0.2) is 24.7 Å². The highest BCUT2D eigenvalue weighted by Gasteiger charge is 2.32. The van der Waals surface area contributed by atoms with Crippen LogP contribution >= 0.6 is 23.2 Å². The molecule has 0 spiro atoms. The fourth-order valence-corrected chi connectivity index (χ4v) is 1.81. The van der Waals surface area contributed by atoms with Gasteiger partial charge in [0.2, 0.25) is 11.6 Å². The van der Waals surface area contributed by atoms with Crippen molar-refractivity contribution in [3.63, 3.8) is 0 Å². The molecule has 0 bridgehead atoms. The number of nitrogens with one attached hydrogen (secondary N) is 2. The van der Waals surface area contributed by atoms with Crippen LogP contribution in [0.4, 0.5) is 0 Å². The van der Waals surface area contributed by atoms with Crippen molar-refractivity contribution in [3.8, 4) is 0 Å². The molecule has 0 atom stereocenters. The summed E-state index contributed by atoms with van der Waals surface area (Å²) in [5.74, 6) is -0.909. The predicted octanol–water partition coefficient (Wildman–Crippen LogP) is 1.26. The first-order valence-corrected chi connectivity index (χ1v) is 5.66. The van der Waals surface area contributed by atoms with Crippen LogP contribution in [0, 0.1) is 0 Å². The molecular weight excluding hydrogens is 251 g/mol. The number of ketones is 2. The lowest BCUT2D eigenvalue weighted by Gasteiger charge is -2.18. The summed E-state index contributed by atoms with van der Waals surface area (Å²) in [6, 6.07) is 0. The molecule has 0 aromatic heterocycles. The molecule has 4 nitrogen and oxygen atoms in total. The van der Waals surface area contributed by atoms with Gasteiger partial charge in [0.25, 0.3) is 0 Å². The Bertz CT molecular complexity index is 362. The van der Waals surface area contributed by atoms with Gasteiger partial charge in [-0.2, -0.15) is 0 Å². The Kier molecular flexibility index (Phi) is 4.38. The Balaban J connectivity index is 3.15. The van der Waals surface area contributed by atoms with Crippen LogP contribution in [0.2, 0.25) is 0 Å². The van der Waals surface area contributed by atoms with Gasteiger partial charge in [-0.05, 0) is 13.8 Å². The zero-order valence-electron chi connectivity index (χ0n) is 8.99. The number of carbonyl (C=O) groups excluding carboxylic acids is 2. The molecule has 0 aliphatic heterocycles. The van der Waals surface area contributed by atoms with Crippen molar-refractivity contribution in [2.75, 3.05) is 13.1 Å². The molecule has 0 unspecified atom stereocenters. The highest BCUT2D eigenvalue weighted by molar-refractivity contribution is 6.55. The van der Waals surface area contributed by atoms with Gasteiger partial charge in [-0.3, -0.25) is 9.59 Å². The van der Waals surface area contributed by atoms with Crippen molar-refractivity contribution in [1.82, 2.24) is 10.6 Å². The normalized spacial score (nSPS) is 17.0. The summed E-state index contributed by atoms with van der Waals surface area (Å²) in [6.07, 6.45) is 0. The lowest BCUT2D eigenvalue weighted by Crippen LogP contribution is -2.33. The SMILES string of the molecule is CCNC1=C(Cl)C(=O)C(NCC)=C(Cl)C1=O. The molecule has 0 saturated carbocycles. The van der Waals surface area contributed by atoms with Crippen LogP contribution in [0.3, 0.4) is 0 Å². The third kappa shape index (κ3) is 2.23. The van der Waals surface area contributed by atoms with Crippen molar-refractivity contribution in [1.29, 1.82) is 0 Å². The molecule has 1 aliphatic carbocycles. The molecule has 16 heavy (non-hydrogen) atoms. The highest BCUT2D eigenvalue weighted by Crippen LogP contribution is 2.26. The zero-order valence-corrected chi connectivity index (χ0v) is 10.5. The van der Waals surface area contributed by atoms with Crippen molar-refractivity contribution in [3.05, 3.63) is 21.5 Å². The maximum Gasteiger partial charge on any atom is 0.224 e. The maximum absolute atomic E-state index is 11.8. The molecule has 2 N–H and O–H groups in total. The summed E-state index contributed by atoms with van der Waals surface area (Å²) in [7, 11) is 0. The Morgan fingerprint density at radius 2 is 1.19 bits per heavy atom. The van der Waals surface area contributed by atoms with E-state index >= 15 is 0 Å². The second kappa shape index (κ2) is 5.37. The fourth-order valence-electron chi connectivity index (χ4n) is 1.32.